The van der Waals surface area contributed by atoms with Gasteiger partial charge in [-0.05, 0) is 36.6 Å². The monoisotopic (exact) mass is 591 g/mol. The number of fused-ring (bicyclic) bond motifs is 1. The third-order valence-corrected chi connectivity index (χ3v) is 8.38. The Labute approximate surface area is 251 Å². The second kappa shape index (κ2) is 13.5. The van der Waals surface area contributed by atoms with Gasteiger partial charge >= 0.3 is 6.03 Å². The number of hydrogen-bond donors (Lipinski definition) is 3. The van der Waals surface area contributed by atoms with E-state index in [2.05, 4.69) is 15.3 Å². The fraction of sp³-hybridized carbons (Fsp3) is 0.484. The molecule has 12 heteroatoms. The number of likely N-dealkylation sites (N-methyl/N-ethyl adjacent to an activating group) is 1. The van der Waals surface area contributed by atoms with Crippen molar-refractivity contribution in [1.82, 2.24) is 25.1 Å². The summed E-state index contributed by atoms with van der Waals surface area (Å²) in [5, 5.41) is 4.09. The zero-order valence-corrected chi connectivity index (χ0v) is 24.9. The number of nitrogens with two attached hydrogens (primary N) is 1. The molecular formula is C31H41N7O5. The van der Waals surface area contributed by atoms with Crippen molar-refractivity contribution in [3.05, 3.63) is 60.4 Å². The summed E-state index contributed by atoms with van der Waals surface area (Å²) >= 11 is 0. The number of carbonyl (C=O) groups is 3. The van der Waals surface area contributed by atoms with Crippen molar-refractivity contribution in [2.24, 2.45) is 11.7 Å². The van der Waals surface area contributed by atoms with Crippen molar-refractivity contribution in [2.45, 2.75) is 44.1 Å². The second-order valence-corrected chi connectivity index (χ2v) is 11.4. The number of piperidine rings is 1. The number of benzene rings is 1. The number of ether oxygens (including phenoxy) is 2. The smallest absolute Gasteiger partial charge is 0.325 e. The molecule has 0 unspecified atom stereocenters. The first-order chi connectivity index (χ1) is 20.7. The Balaban J connectivity index is 1.27. The van der Waals surface area contributed by atoms with E-state index in [0.29, 0.717) is 45.0 Å². The minimum Gasteiger partial charge on any atom is -0.361 e. The van der Waals surface area contributed by atoms with Crippen LogP contribution in [0.2, 0.25) is 0 Å². The lowest BCUT2D eigenvalue weighted by molar-refractivity contribution is -0.193. The van der Waals surface area contributed by atoms with Gasteiger partial charge in [-0.15, -0.1) is 0 Å². The Kier molecular flexibility index (Phi) is 9.59. The molecule has 1 aromatic carbocycles. The fourth-order valence-corrected chi connectivity index (χ4v) is 5.73. The van der Waals surface area contributed by atoms with Gasteiger partial charge in [0.25, 0.3) is 0 Å². The van der Waals surface area contributed by atoms with Gasteiger partial charge in [-0.25, -0.2) is 9.78 Å². The number of aromatic amines is 1. The van der Waals surface area contributed by atoms with Crippen LogP contribution in [0.3, 0.4) is 0 Å². The third kappa shape index (κ3) is 6.98. The quantitative estimate of drug-likeness (QED) is 0.364. The fourth-order valence-electron chi connectivity index (χ4n) is 5.73. The maximum absolute atomic E-state index is 13.9. The van der Waals surface area contributed by atoms with Crippen LogP contribution < -0.4 is 16.0 Å². The number of pyridine rings is 1. The molecule has 0 bridgehead atoms. The molecule has 2 saturated heterocycles. The van der Waals surface area contributed by atoms with Crippen molar-refractivity contribution >= 4 is 34.6 Å². The van der Waals surface area contributed by atoms with E-state index in [0.717, 1.165) is 16.5 Å². The molecule has 0 radical (unpaired) electrons. The highest BCUT2D eigenvalue weighted by Crippen LogP contribution is 2.29. The summed E-state index contributed by atoms with van der Waals surface area (Å²) in [5.74, 6) is -0.523. The predicted octanol–water partition coefficient (Wildman–Crippen LogP) is 2.28. The van der Waals surface area contributed by atoms with E-state index in [4.69, 9.17) is 15.2 Å². The third-order valence-electron chi connectivity index (χ3n) is 8.38. The SMILES string of the molecule is C[C@@H](c1c[nH]c2ccccc12)[C@@H](NC(=O)C1CCN(C(=O)N(C)c2ccccn2)CC1)C(=O)N(C)CC1OCC(N)CO1. The summed E-state index contributed by atoms with van der Waals surface area (Å²) in [4.78, 5) is 53.0. The summed E-state index contributed by atoms with van der Waals surface area (Å²) in [6, 6.07) is 12.1. The topological polar surface area (TPSA) is 146 Å². The van der Waals surface area contributed by atoms with E-state index in [1.807, 2.05) is 43.5 Å². The molecule has 230 valence electrons. The van der Waals surface area contributed by atoms with Gasteiger partial charge in [0, 0.05) is 62.3 Å². The highest BCUT2D eigenvalue weighted by atomic mass is 16.7. The van der Waals surface area contributed by atoms with Crippen LogP contribution in [0.4, 0.5) is 10.6 Å². The molecule has 0 aliphatic carbocycles. The number of anilines is 1. The molecule has 2 aromatic heterocycles. The van der Waals surface area contributed by atoms with Crippen LogP contribution in [0.1, 0.15) is 31.2 Å². The van der Waals surface area contributed by atoms with Crippen LogP contribution in [0, 0.1) is 5.92 Å². The number of urea groups is 1. The molecule has 0 saturated carbocycles. The largest absolute Gasteiger partial charge is 0.361 e. The Morgan fingerprint density at radius 1 is 1.09 bits per heavy atom. The molecule has 4 amide bonds. The zero-order chi connectivity index (χ0) is 30.5. The Bertz CT molecular complexity index is 1400. The van der Waals surface area contributed by atoms with Crippen molar-refractivity contribution in [3.63, 3.8) is 0 Å². The van der Waals surface area contributed by atoms with Gasteiger partial charge in [0.05, 0.1) is 25.8 Å². The molecule has 12 nitrogen and oxygen atoms in total. The van der Waals surface area contributed by atoms with Crippen LogP contribution in [0.25, 0.3) is 10.9 Å². The molecule has 2 aliphatic rings. The summed E-state index contributed by atoms with van der Waals surface area (Å²) in [6.45, 7) is 3.75. The average molecular weight is 592 g/mol. The van der Waals surface area contributed by atoms with Crippen LogP contribution in [-0.4, -0.2) is 103 Å². The normalized spacial score (nSPS) is 20.8. The van der Waals surface area contributed by atoms with Crippen LogP contribution in [-0.2, 0) is 19.1 Å². The first kappa shape index (κ1) is 30.5. The number of rotatable bonds is 8. The molecule has 43 heavy (non-hydrogen) atoms. The molecular weight excluding hydrogens is 550 g/mol. The van der Waals surface area contributed by atoms with Crippen LogP contribution >= 0.6 is 0 Å². The number of carbonyl (C=O) groups excluding carboxylic acids is 3. The number of nitrogens with one attached hydrogen (secondary N) is 2. The Hall–Kier alpha value is -4.00. The van der Waals surface area contributed by atoms with Crippen molar-refractivity contribution in [3.8, 4) is 0 Å². The molecule has 2 fully saturated rings. The van der Waals surface area contributed by atoms with Crippen molar-refractivity contribution in [2.75, 3.05) is 51.8 Å². The van der Waals surface area contributed by atoms with E-state index in [-0.39, 0.29) is 42.3 Å². The minimum atomic E-state index is -0.822. The lowest BCUT2D eigenvalue weighted by Gasteiger charge is -2.36. The van der Waals surface area contributed by atoms with Gasteiger partial charge in [-0.2, -0.15) is 0 Å². The number of para-hydroxylation sites is 1. The van der Waals surface area contributed by atoms with Crippen LogP contribution in [0.5, 0.6) is 0 Å². The molecule has 0 spiro atoms. The molecule has 5 rings (SSSR count). The summed E-state index contributed by atoms with van der Waals surface area (Å²) in [5.41, 5.74) is 7.76. The maximum atomic E-state index is 13.9. The molecule has 4 heterocycles. The number of hydrogen-bond acceptors (Lipinski definition) is 7. The number of H-pyrrole nitrogens is 1. The molecule has 4 N–H and O–H groups in total. The Morgan fingerprint density at radius 3 is 2.49 bits per heavy atom. The molecule has 2 atom stereocenters. The Morgan fingerprint density at radius 2 is 1.79 bits per heavy atom. The van der Waals surface area contributed by atoms with Gasteiger partial charge in [-0.1, -0.05) is 31.2 Å². The van der Waals surface area contributed by atoms with E-state index in [9.17, 15) is 14.4 Å². The van der Waals surface area contributed by atoms with Gasteiger partial charge in [0.15, 0.2) is 6.29 Å². The molecule has 3 aromatic rings. The number of likely N-dealkylation sites (tertiary alicyclic amines) is 1. The summed E-state index contributed by atoms with van der Waals surface area (Å²) in [6.07, 6.45) is 3.96. The first-order valence-electron chi connectivity index (χ1n) is 14.8. The van der Waals surface area contributed by atoms with E-state index in [1.54, 1.807) is 42.2 Å². The highest BCUT2D eigenvalue weighted by Gasteiger charge is 2.36. The van der Waals surface area contributed by atoms with Crippen molar-refractivity contribution < 1.29 is 23.9 Å². The van der Waals surface area contributed by atoms with Gasteiger partial charge in [-0.3, -0.25) is 14.5 Å². The number of amides is 4. The van der Waals surface area contributed by atoms with Crippen molar-refractivity contribution in [1.29, 1.82) is 0 Å². The maximum Gasteiger partial charge on any atom is 0.325 e. The number of aromatic nitrogens is 2. The standard InChI is InChI=1S/C31H41N7O5/c1-20(24-16-34-25-9-5-4-8-23(24)25)28(30(40)36(2)17-27-42-18-22(32)19-43-27)35-29(39)21-11-14-38(15-12-21)31(41)37(3)26-10-6-7-13-33-26/h4-10,13,16,20-22,27-28,34H,11-12,14-15,17-19,32H2,1-3H3,(H,35,39)/t20-,22?,27?,28+/m0/s1. The first-order valence-corrected chi connectivity index (χ1v) is 14.8. The minimum absolute atomic E-state index is 0.159. The second-order valence-electron chi connectivity index (χ2n) is 11.4. The average Bonchev–Trinajstić information content (AvgIpc) is 3.48. The van der Waals surface area contributed by atoms with E-state index in [1.165, 1.54) is 4.90 Å². The highest BCUT2D eigenvalue weighted by molar-refractivity contribution is 5.92. The van der Waals surface area contributed by atoms with E-state index >= 15 is 0 Å². The van der Waals surface area contributed by atoms with Gasteiger partial charge in [0.2, 0.25) is 11.8 Å². The summed E-state index contributed by atoms with van der Waals surface area (Å²) in [7, 11) is 3.38. The zero-order valence-electron chi connectivity index (χ0n) is 24.9. The summed E-state index contributed by atoms with van der Waals surface area (Å²) < 4.78 is 11.3. The molecule has 2 aliphatic heterocycles. The van der Waals surface area contributed by atoms with Gasteiger partial charge in [0.1, 0.15) is 11.9 Å². The lowest BCUT2D eigenvalue weighted by Crippen LogP contribution is -2.55. The lowest BCUT2D eigenvalue weighted by atomic mass is 9.90. The van der Waals surface area contributed by atoms with E-state index < -0.39 is 12.3 Å². The predicted molar refractivity (Wildman–Crippen MR) is 162 cm³/mol. The van der Waals surface area contributed by atoms with Crippen LogP contribution in [0.15, 0.2) is 54.9 Å². The van der Waals surface area contributed by atoms with Gasteiger partial charge < -0.3 is 35.3 Å². The number of nitrogens with zero attached hydrogens (tertiary/aromatic N) is 4.